The molecule has 0 unspecified atom stereocenters. The molecular weight excluding hydrogens is 346 g/mol. The number of anilines is 1. The number of para-hydroxylation sites is 1. The third-order valence-electron chi connectivity index (χ3n) is 4.52. The topological polar surface area (TPSA) is 96.5 Å². The molecule has 1 aromatic rings. The standard InChI is InChI=1S/C20H29N3O4/c1-2-3-13-21-17-12-8-7-11-16(17)19(25)27-14-18(24)23-20(26)22-15-9-5-4-6-10-15/h7-8,11-12,15,21H,2-6,9-10,13-14H2,1H3,(H2,22,23,24,26). The Kier molecular flexibility index (Phi) is 8.61. The van der Waals surface area contributed by atoms with Gasteiger partial charge in [0.2, 0.25) is 0 Å². The van der Waals surface area contributed by atoms with Crippen LogP contribution < -0.4 is 16.0 Å². The highest BCUT2D eigenvalue weighted by Gasteiger charge is 2.18. The summed E-state index contributed by atoms with van der Waals surface area (Å²) in [7, 11) is 0. The van der Waals surface area contributed by atoms with Gasteiger partial charge in [0.15, 0.2) is 6.61 Å². The number of urea groups is 1. The van der Waals surface area contributed by atoms with Gasteiger partial charge in [-0.1, -0.05) is 44.7 Å². The first-order valence-corrected chi connectivity index (χ1v) is 9.70. The molecule has 0 spiro atoms. The first-order valence-electron chi connectivity index (χ1n) is 9.70. The zero-order valence-electron chi connectivity index (χ0n) is 15.9. The van der Waals surface area contributed by atoms with Gasteiger partial charge in [0.05, 0.1) is 5.56 Å². The first-order chi connectivity index (χ1) is 13.1. The van der Waals surface area contributed by atoms with Crippen molar-refractivity contribution in [3.63, 3.8) is 0 Å². The lowest BCUT2D eigenvalue weighted by atomic mass is 9.96. The van der Waals surface area contributed by atoms with E-state index in [-0.39, 0.29) is 6.04 Å². The molecule has 0 aliphatic heterocycles. The fourth-order valence-corrected chi connectivity index (χ4v) is 3.06. The Morgan fingerprint density at radius 3 is 2.59 bits per heavy atom. The van der Waals surface area contributed by atoms with Gasteiger partial charge in [-0.2, -0.15) is 0 Å². The second-order valence-corrected chi connectivity index (χ2v) is 6.76. The number of rotatable bonds is 8. The lowest BCUT2D eigenvalue weighted by Gasteiger charge is -2.22. The molecule has 2 rings (SSSR count). The number of amides is 3. The third-order valence-corrected chi connectivity index (χ3v) is 4.52. The molecule has 1 saturated carbocycles. The minimum absolute atomic E-state index is 0.107. The van der Waals surface area contributed by atoms with Crippen LogP contribution >= 0.6 is 0 Å². The van der Waals surface area contributed by atoms with Gasteiger partial charge < -0.3 is 15.4 Å². The van der Waals surface area contributed by atoms with Crippen LogP contribution in [-0.2, 0) is 9.53 Å². The number of unbranched alkanes of at least 4 members (excludes halogenated alkanes) is 1. The van der Waals surface area contributed by atoms with Gasteiger partial charge in [-0.15, -0.1) is 0 Å². The van der Waals surface area contributed by atoms with Crippen molar-refractivity contribution >= 4 is 23.6 Å². The second-order valence-electron chi connectivity index (χ2n) is 6.76. The normalized spacial score (nSPS) is 14.3. The zero-order valence-corrected chi connectivity index (χ0v) is 15.9. The molecule has 0 atom stereocenters. The first kappa shape index (κ1) is 20.7. The molecule has 0 radical (unpaired) electrons. The molecule has 0 aromatic heterocycles. The summed E-state index contributed by atoms with van der Waals surface area (Å²) in [6.07, 6.45) is 7.25. The van der Waals surface area contributed by atoms with Crippen LogP contribution in [0.25, 0.3) is 0 Å². The minimum Gasteiger partial charge on any atom is -0.452 e. The number of nitrogens with one attached hydrogen (secondary N) is 3. The van der Waals surface area contributed by atoms with Crippen LogP contribution in [0.5, 0.6) is 0 Å². The molecule has 0 heterocycles. The summed E-state index contributed by atoms with van der Waals surface area (Å²) < 4.78 is 5.06. The van der Waals surface area contributed by atoms with Crippen molar-refractivity contribution in [2.45, 2.75) is 57.9 Å². The van der Waals surface area contributed by atoms with Crippen molar-refractivity contribution in [1.29, 1.82) is 0 Å². The van der Waals surface area contributed by atoms with Gasteiger partial charge in [0.25, 0.3) is 5.91 Å². The Morgan fingerprint density at radius 1 is 1.11 bits per heavy atom. The molecule has 7 heteroatoms. The van der Waals surface area contributed by atoms with Crippen LogP contribution in [0.2, 0.25) is 0 Å². The number of benzene rings is 1. The van der Waals surface area contributed by atoms with Crippen molar-refractivity contribution in [3.05, 3.63) is 29.8 Å². The Labute approximate surface area is 160 Å². The van der Waals surface area contributed by atoms with Crippen molar-refractivity contribution in [3.8, 4) is 0 Å². The largest absolute Gasteiger partial charge is 0.452 e. The van der Waals surface area contributed by atoms with Crippen molar-refractivity contribution < 1.29 is 19.1 Å². The maximum Gasteiger partial charge on any atom is 0.340 e. The average Bonchev–Trinajstić information content (AvgIpc) is 2.67. The quantitative estimate of drug-likeness (QED) is 0.479. The van der Waals surface area contributed by atoms with Gasteiger partial charge in [-0.3, -0.25) is 10.1 Å². The van der Waals surface area contributed by atoms with E-state index in [1.165, 1.54) is 6.42 Å². The SMILES string of the molecule is CCCCNc1ccccc1C(=O)OCC(=O)NC(=O)NC1CCCCC1. The summed E-state index contributed by atoms with van der Waals surface area (Å²) in [6, 6.07) is 6.57. The van der Waals surface area contributed by atoms with Crippen LogP contribution in [0.3, 0.4) is 0 Å². The summed E-state index contributed by atoms with van der Waals surface area (Å²) in [6.45, 7) is 2.34. The van der Waals surface area contributed by atoms with Crippen LogP contribution in [0.1, 0.15) is 62.2 Å². The summed E-state index contributed by atoms with van der Waals surface area (Å²) in [5, 5.41) is 8.19. The van der Waals surface area contributed by atoms with Crippen LogP contribution in [0.15, 0.2) is 24.3 Å². The molecule has 0 saturated heterocycles. The lowest BCUT2D eigenvalue weighted by Crippen LogP contribution is -2.46. The highest BCUT2D eigenvalue weighted by Crippen LogP contribution is 2.17. The van der Waals surface area contributed by atoms with Crippen LogP contribution in [0.4, 0.5) is 10.5 Å². The molecule has 7 nitrogen and oxygen atoms in total. The van der Waals surface area contributed by atoms with Crippen LogP contribution in [0, 0.1) is 0 Å². The Bertz CT molecular complexity index is 642. The van der Waals surface area contributed by atoms with Gasteiger partial charge in [-0.05, 0) is 31.4 Å². The molecule has 1 aliphatic rings. The summed E-state index contributed by atoms with van der Waals surface area (Å²) in [5.74, 6) is -1.24. The van der Waals surface area contributed by atoms with Gasteiger partial charge in [0.1, 0.15) is 0 Å². The molecule has 148 valence electrons. The van der Waals surface area contributed by atoms with E-state index in [4.69, 9.17) is 4.74 Å². The molecule has 1 fully saturated rings. The Morgan fingerprint density at radius 2 is 1.85 bits per heavy atom. The van der Waals surface area contributed by atoms with E-state index < -0.39 is 24.5 Å². The van der Waals surface area contributed by atoms with E-state index in [1.807, 2.05) is 6.07 Å². The van der Waals surface area contributed by atoms with E-state index in [0.29, 0.717) is 11.3 Å². The summed E-state index contributed by atoms with van der Waals surface area (Å²) in [4.78, 5) is 36.0. The number of hydrogen-bond acceptors (Lipinski definition) is 5. The highest BCUT2D eigenvalue weighted by molar-refractivity contribution is 5.99. The zero-order chi connectivity index (χ0) is 19.5. The predicted octanol–water partition coefficient (Wildman–Crippen LogP) is 3.21. The van der Waals surface area contributed by atoms with E-state index in [1.54, 1.807) is 18.2 Å². The Balaban J connectivity index is 1.77. The van der Waals surface area contributed by atoms with Gasteiger partial charge in [-0.25, -0.2) is 9.59 Å². The summed E-state index contributed by atoms with van der Waals surface area (Å²) in [5.41, 5.74) is 1.04. The highest BCUT2D eigenvalue weighted by atomic mass is 16.5. The molecule has 1 aromatic carbocycles. The van der Waals surface area contributed by atoms with Gasteiger partial charge in [0, 0.05) is 18.3 Å². The maximum absolute atomic E-state index is 12.3. The minimum atomic E-state index is -0.645. The van der Waals surface area contributed by atoms with E-state index in [9.17, 15) is 14.4 Å². The smallest absolute Gasteiger partial charge is 0.340 e. The fraction of sp³-hybridized carbons (Fsp3) is 0.550. The number of hydrogen-bond donors (Lipinski definition) is 3. The fourth-order valence-electron chi connectivity index (χ4n) is 3.06. The van der Waals surface area contributed by atoms with Crippen molar-refractivity contribution in [2.24, 2.45) is 0 Å². The molecular formula is C20H29N3O4. The summed E-state index contributed by atoms with van der Waals surface area (Å²) >= 11 is 0. The number of esters is 1. The molecule has 1 aliphatic carbocycles. The molecule has 3 N–H and O–H groups in total. The second kappa shape index (κ2) is 11.2. The number of ether oxygens (including phenoxy) is 1. The third kappa shape index (κ3) is 7.29. The van der Waals surface area contributed by atoms with Crippen molar-refractivity contribution in [1.82, 2.24) is 10.6 Å². The molecule has 0 bridgehead atoms. The number of carbonyl (C=O) groups is 3. The van der Waals surface area contributed by atoms with E-state index >= 15 is 0 Å². The monoisotopic (exact) mass is 375 g/mol. The average molecular weight is 375 g/mol. The molecule has 27 heavy (non-hydrogen) atoms. The number of carbonyl (C=O) groups excluding carboxylic acids is 3. The predicted molar refractivity (Wildman–Crippen MR) is 104 cm³/mol. The lowest BCUT2D eigenvalue weighted by molar-refractivity contribution is -0.123. The maximum atomic E-state index is 12.3. The van der Waals surface area contributed by atoms with Gasteiger partial charge >= 0.3 is 12.0 Å². The number of imide groups is 1. The molecule has 3 amide bonds. The van der Waals surface area contributed by atoms with E-state index in [0.717, 1.165) is 45.1 Å². The van der Waals surface area contributed by atoms with E-state index in [2.05, 4.69) is 22.9 Å². The van der Waals surface area contributed by atoms with Crippen molar-refractivity contribution in [2.75, 3.05) is 18.5 Å². The Hall–Kier alpha value is -2.57. The van der Waals surface area contributed by atoms with Crippen LogP contribution in [-0.4, -0.2) is 37.1 Å².